The molecule has 2 aromatic carbocycles. The molecule has 0 aliphatic carbocycles. The van der Waals surface area contributed by atoms with Gasteiger partial charge in [0.25, 0.3) is 0 Å². The first-order valence-electron chi connectivity index (χ1n) is 5.73. The molecular formula is C15H10N2OS. The van der Waals surface area contributed by atoms with Gasteiger partial charge in [0.15, 0.2) is 0 Å². The van der Waals surface area contributed by atoms with Gasteiger partial charge in [0.05, 0.1) is 34.5 Å². The van der Waals surface area contributed by atoms with E-state index in [2.05, 4.69) is 17.1 Å². The van der Waals surface area contributed by atoms with Gasteiger partial charge >= 0.3 is 0 Å². The van der Waals surface area contributed by atoms with Crippen LogP contribution in [0.5, 0.6) is 5.75 Å². The van der Waals surface area contributed by atoms with Crippen LogP contribution in [0.3, 0.4) is 0 Å². The monoisotopic (exact) mass is 266 g/mol. The summed E-state index contributed by atoms with van der Waals surface area (Å²) >= 11 is 1.60. The molecule has 4 heteroatoms. The van der Waals surface area contributed by atoms with Crippen LogP contribution in [-0.2, 0) is 0 Å². The number of nitriles is 1. The van der Waals surface area contributed by atoms with E-state index in [1.54, 1.807) is 18.4 Å². The molecule has 3 aromatic rings. The van der Waals surface area contributed by atoms with Gasteiger partial charge in [-0.25, -0.2) is 4.98 Å². The molecule has 0 aliphatic rings. The number of hydrogen-bond acceptors (Lipinski definition) is 4. The zero-order valence-corrected chi connectivity index (χ0v) is 11.1. The highest BCUT2D eigenvalue weighted by atomic mass is 32.1. The predicted octanol–water partition coefficient (Wildman–Crippen LogP) is 3.84. The van der Waals surface area contributed by atoms with Crippen LogP contribution in [0.15, 0.2) is 41.9 Å². The summed E-state index contributed by atoms with van der Waals surface area (Å²) in [5.74, 6) is 0.795. The van der Waals surface area contributed by atoms with Crippen LogP contribution < -0.4 is 4.74 Å². The van der Waals surface area contributed by atoms with Crippen molar-refractivity contribution in [2.24, 2.45) is 0 Å². The van der Waals surface area contributed by atoms with Crippen LogP contribution in [0, 0.1) is 11.3 Å². The molecule has 19 heavy (non-hydrogen) atoms. The third-order valence-corrected chi connectivity index (χ3v) is 3.77. The van der Waals surface area contributed by atoms with Crippen LogP contribution in [-0.4, -0.2) is 12.1 Å². The molecule has 0 saturated carbocycles. The number of methoxy groups -OCH3 is 1. The number of hydrogen-bond donors (Lipinski definition) is 0. The van der Waals surface area contributed by atoms with Crippen molar-refractivity contribution < 1.29 is 4.74 Å². The van der Waals surface area contributed by atoms with Gasteiger partial charge < -0.3 is 4.74 Å². The number of thiazole rings is 1. The van der Waals surface area contributed by atoms with E-state index in [0.717, 1.165) is 27.1 Å². The van der Waals surface area contributed by atoms with Gasteiger partial charge in [-0.05, 0) is 23.8 Å². The van der Waals surface area contributed by atoms with Crippen LogP contribution >= 0.6 is 11.3 Å². The Hall–Kier alpha value is -2.38. The Morgan fingerprint density at radius 1 is 1.21 bits per heavy atom. The summed E-state index contributed by atoms with van der Waals surface area (Å²) in [5.41, 5.74) is 5.47. The molecule has 92 valence electrons. The van der Waals surface area contributed by atoms with Crippen molar-refractivity contribution >= 4 is 21.6 Å². The molecule has 0 spiro atoms. The van der Waals surface area contributed by atoms with Crippen molar-refractivity contribution in [2.45, 2.75) is 0 Å². The molecule has 0 amide bonds. The van der Waals surface area contributed by atoms with Crippen LogP contribution in [0.25, 0.3) is 21.3 Å². The van der Waals surface area contributed by atoms with Crippen molar-refractivity contribution in [1.82, 2.24) is 4.98 Å². The third-order valence-electron chi connectivity index (χ3n) is 2.98. The standard InChI is InChI=1S/C15H10N2OS/c1-18-14-7-13-15(19-9-17-13)6-12(14)11-4-2-10(8-16)3-5-11/h2-7,9H,1H3. The summed E-state index contributed by atoms with van der Waals surface area (Å²) in [7, 11) is 1.65. The normalized spacial score (nSPS) is 10.3. The zero-order chi connectivity index (χ0) is 13.2. The smallest absolute Gasteiger partial charge is 0.128 e. The summed E-state index contributed by atoms with van der Waals surface area (Å²) in [6, 6.07) is 13.6. The molecule has 1 aromatic heterocycles. The first-order valence-corrected chi connectivity index (χ1v) is 6.61. The lowest BCUT2D eigenvalue weighted by Gasteiger charge is -2.08. The number of ether oxygens (including phenoxy) is 1. The van der Waals surface area contributed by atoms with Gasteiger partial charge in [-0.2, -0.15) is 5.26 Å². The molecule has 0 aliphatic heterocycles. The van der Waals surface area contributed by atoms with Gasteiger partial charge in [0, 0.05) is 11.6 Å². The average molecular weight is 266 g/mol. The maximum atomic E-state index is 8.83. The molecule has 0 atom stereocenters. The topological polar surface area (TPSA) is 45.9 Å². The number of fused-ring (bicyclic) bond motifs is 1. The summed E-state index contributed by atoms with van der Waals surface area (Å²) in [4.78, 5) is 4.28. The van der Waals surface area contributed by atoms with Crippen molar-refractivity contribution in [2.75, 3.05) is 7.11 Å². The van der Waals surface area contributed by atoms with E-state index in [1.807, 2.05) is 35.8 Å². The summed E-state index contributed by atoms with van der Waals surface area (Å²) in [5, 5.41) is 8.83. The van der Waals surface area contributed by atoms with E-state index in [9.17, 15) is 0 Å². The number of nitrogens with zero attached hydrogens (tertiary/aromatic N) is 2. The first kappa shape index (κ1) is 11.7. The lowest BCUT2D eigenvalue weighted by atomic mass is 10.0. The van der Waals surface area contributed by atoms with Gasteiger partial charge in [-0.15, -0.1) is 11.3 Å². The fraction of sp³-hybridized carbons (Fsp3) is 0.0667. The van der Waals surface area contributed by atoms with E-state index in [4.69, 9.17) is 10.00 Å². The van der Waals surface area contributed by atoms with E-state index < -0.39 is 0 Å². The van der Waals surface area contributed by atoms with E-state index in [0.29, 0.717) is 5.56 Å². The van der Waals surface area contributed by atoms with Gasteiger partial charge in [-0.1, -0.05) is 12.1 Å². The predicted molar refractivity (Wildman–Crippen MR) is 76.3 cm³/mol. The molecule has 1 heterocycles. The Kier molecular flexibility index (Phi) is 2.90. The molecule has 3 nitrogen and oxygen atoms in total. The highest BCUT2D eigenvalue weighted by molar-refractivity contribution is 7.16. The maximum Gasteiger partial charge on any atom is 0.128 e. The Balaban J connectivity index is 2.19. The minimum atomic E-state index is 0.654. The van der Waals surface area contributed by atoms with Crippen molar-refractivity contribution in [3.63, 3.8) is 0 Å². The summed E-state index contributed by atoms with van der Waals surface area (Å²) in [6.07, 6.45) is 0. The van der Waals surface area contributed by atoms with Gasteiger partial charge in [-0.3, -0.25) is 0 Å². The second kappa shape index (κ2) is 4.71. The Labute approximate surface area is 114 Å². The molecule has 0 N–H and O–H groups in total. The second-order valence-corrected chi connectivity index (χ2v) is 4.95. The van der Waals surface area contributed by atoms with Crippen LogP contribution in [0.2, 0.25) is 0 Å². The highest BCUT2D eigenvalue weighted by Gasteiger charge is 2.09. The number of aromatic nitrogens is 1. The SMILES string of the molecule is COc1cc2ncsc2cc1-c1ccc(C#N)cc1. The van der Waals surface area contributed by atoms with Crippen molar-refractivity contribution in [1.29, 1.82) is 5.26 Å². The summed E-state index contributed by atoms with van der Waals surface area (Å²) < 4.78 is 6.56. The quantitative estimate of drug-likeness (QED) is 0.708. The zero-order valence-electron chi connectivity index (χ0n) is 10.3. The molecular weight excluding hydrogens is 256 g/mol. The molecule has 0 bridgehead atoms. The Bertz CT molecular complexity index is 769. The minimum absolute atomic E-state index is 0.654. The van der Waals surface area contributed by atoms with Gasteiger partial charge in [0.1, 0.15) is 5.75 Å². The second-order valence-electron chi connectivity index (χ2n) is 4.06. The van der Waals surface area contributed by atoms with E-state index in [1.165, 1.54) is 0 Å². The minimum Gasteiger partial charge on any atom is -0.496 e. The first-order chi connectivity index (χ1) is 9.31. The Morgan fingerprint density at radius 2 is 2.00 bits per heavy atom. The van der Waals surface area contributed by atoms with Crippen molar-refractivity contribution in [3.8, 4) is 22.9 Å². The lowest BCUT2D eigenvalue weighted by molar-refractivity contribution is 0.417. The fourth-order valence-corrected chi connectivity index (χ4v) is 2.70. The highest BCUT2D eigenvalue weighted by Crippen LogP contribution is 2.35. The molecule has 3 rings (SSSR count). The third kappa shape index (κ3) is 2.05. The number of benzene rings is 2. The largest absolute Gasteiger partial charge is 0.496 e. The van der Waals surface area contributed by atoms with E-state index in [-0.39, 0.29) is 0 Å². The molecule has 0 radical (unpaired) electrons. The number of rotatable bonds is 2. The molecule has 0 saturated heterocycles. The lowest BCUT2D eigenvalue weighted by Crippen LogP contribution is -1.88. The summed E-state index contributed by atoms with van der Waals surface area (Å²) in [6.45, 7) is 0. The van der Waals surface area contributed by atoms with E-state index >= 15 is 0 Å². The van der Waals surface area contributed by atoms with Crippen LogP contribution in [0.1, 0.15) is 5.56 Å². The maximum absolute atomic E-state index is 8.83. The van der Waals surface area contributed by atoms with Crippen molar-refractivity contribution in [3.05, 3.63) is 47.5 Å². The molecule has 0 fully saturated rings. The fourth-order valence-electron chi connectivity index (χ4n) is 2.00. The molecule has 0 unspecified atom stereocenters. The average Bonchev–Trinajstić information content (AvgIpc) is 2.93. The Morgan fingerprint density at radius 3 is 2.68 bits per heavy atom. The van der Waals surface area contributed by atoms with Crippen LogP contribution in [0.4, 0.5) is 0 Å². The van der Waals surface area contributed by atoms with Gasteiger partial charge in [0.2, 0.25) is 0 Å².